The Hall–Kier alpha value is -1.46. The van der Waals surface area contributed by atoms with Gasteiger partial charge in [-0.15, -0.1) is 24.8 Å². The summed E-state index contributed by atoms with van der Waals surface area (Å²) in [4.78, 5) is 4.30. The zero-order chi connectivity index (χ0) is 11.0. The van der Waals surface area contributed by atoms with E-state index in [1.807, 2.05) is 30.1 Å². The number of anilines is 1. The van der Waals surface area contributed by atoms with Crippen LogP contribution in [-0.4, -0.2) is 28.8 Å². The third-order valence-electron chi connectivity index (χ3n) is 2.58. The third-order valence-corrected chi connectivity index (χ3v) is 2.58. The van der Waals surface area contributed by atoms with Crippen molar-refractivity contribution in [3.63, 3.8) is 0 Å². The molecule has 0 bridgehead atoms. The fraction of sp³-hybridized carbons (Fsp3) is 0.273. The fourth-order valence-electron chi connectivity index (χ4n) is 1.88. The number of guanidine groups is 1. The van der Waals surface area contributed by atoms with E-state index < -0.39 is 0 Å². The molecule has 7 heteroatoms. The van der Waals surface area contributed by atoms with Crippen LogP contribution in [0.2, 0.25) is 0 Å². The number of fused-ring (bicyclic) bond motifs is 1. The monoisotopic (exact) mass is 287 g/mol. The van der Waals surface area contributed by atoms with Gasteiger partial charge in [0.15, 0.2) is 5.96 Å². The Labute approximate surface area is 117 Å². The van der Waals surface area contributed by atoms with Crippen molar-refractivity contribution < 1.29 is 0 Å². The van der Waals surface area contributed by atoms with E-state index in [9.17, 15) is 0 Å². The highest BCUT2D eigenvalue weighted by Gasteiger charge is 2.09. The van der Waals surface area contributed by atoms with Crippen molar-refractivity contribution in [3.8, 4) is 0 Å². The smallest absolute Gasteiger partial charge is 0.195 e. The van der Waals surface area contributed by atoms with Crippen LogP contribution in [-0.2, 0) is 7.05 Å². The first-order valence-corrected chi connectivity index (χ1v) is 5.31. The van der Waals surface area contributed by atoms with E-state index in [1.54, 1.807) is 0 Å². The summed E-state index contributed by atoms with van der Waals surface area (Å²) in [5.41, 5.74) is 1.97. The van der Waals surface area contributed by atoms with Gasteiger partial charge in [-0.2, -0.15) is 5.10 Å². The molecule has 1 aliphatic heterocycles. The molecule has 0 aliphatic carbocycles. The summed E-state index contributed by atoms with van der Waals surface area (Å²) in [7, 11) is 1.93. The van der Waals surface area contributed by atoms with Crippen LogP contribution < -0.4 is 10.6 Å². The molecule has 0 amide bonds. The van der Waals surface area contributed by atoms with Crippen LogP contribution in [0.3, 0.4) is 0 Å². The van der Waals surface area contributed by atoms with Gasteiger partial charge in [0.05, 0.1) is 12.2 Å². The van der Waals surface area contributed by atoms with Crippen LogP contribution in [0, 0.1) is 0 Å². The number of aliphatic imine (C=N–C) groups is 1. The van der Waals surface area contributed by atoms with E-state index in [1.165, 1.54) is 0 Å². The average molecular weight is 288 g/mol. The molecule has 0 fully saturated rings. The Kier molecular flexibility index (Phi) is 4.81. The highest BCUT2D eigenvalue weighted by atomic mass is 35.5. The van der Waals surface area contributed by atoms with Crippen LogP contribution in [0.4, 0.5) is 5.69 Å². The number of nitrogens with zero attached hydrogens (tertiary/aromatic N) is 3. The molecule has 0 atom stereocenters. The van der Waals surface area contributed by atoms with Crippen LogP contribution in [0.1, 0.15) is 0 Å². The topological polar surface area (TPSA) is 54.2 Å². The Morgan fingerprint density at radius 2 is 2.17 bits per heavy atom. The Morgan fingerprint density at radius 3 is 2.89 bits per heavy atom. The lowest BCUT2D eigenvalue weighted by molar-refractivity contribution is 0.780. The number of hydrogen-bond acceptors (Lipinski definition) is 4. The van der Waals surface area contributed by atoms with E-state index in [-0.39, 0.29) is 24.8 Å². The maximum Gasteiger partial charge on any atom is 0.195 e. The number of halogens is 2. The SMILES string of the molecule is Cl.Cl.Cn1cc2cccc(NC3=NCCN3)c2n1. The second-order valence-electron chi connectivity index (χ2n) is 3.83. The van der Waals surface area contributed by atoms with Gasteiger partial charge in [-0.05, 0) is 6.07 Å². The summed E-state index contributed by atoms with van der Waals surface area (Å²) in [6.07, 6.45) is 2.00. The molecule has 3 rings (SSSR count). The number of benzene rings is 1. The van der Waals surface area contributed by atoms with Crippen molar-refractivity contribution in [1.29, 1.82) is 0 Å². The summed E-state index contributed by atoms with van der Waals surface area (Å²) in [6.45, 7) is 1.74. The van der Waals surface area contributed by atoms with Crippen molar-refractivity contribution in [2.45, 2.75) is 0 Å². The van der Waals surface area contributed by atoms with E-state index in [0.717, 1.165) is 35.6 Å². The minimum absolute atomic E-state index is 0. The molecule has 5 nitrogen and oxygen atoms in total. The van der Waals surface area contributed by atoms with Gasteiger partial charge in [0.2, 0.25) is 0 Å². The minimum Gasteiger partial charge on any atom is -0.354 e. The Morgan fingerprint density at radius 1 is 1.33 bits per heavy atom. The number of rotatable bonds is 1. The number of hydrogen-bond donors (Lipinski definition) is 2. The molecule has 2 N–H and O–H groups in total. The molecule has 2 heterocycles. The summed E-state index contributed by atoms with van der Waals surface area (Å²) in [5, 5.41) is 12.0. The first kappa shape index (κ1) is 14.6. The minimum atomic E-state index is 0. The van der Waals surface area contributed by atoms with E-state index in [2.05, 4.69) is 26.8 Å². The normalized spacial score (nSPS) is 13.3. The molecule has 98 valence electrons. The van der Waals surface area contributed by atoms with Gasteiger partial charge in [0.25, 0.3) is 0 Å². The quantitative estimate of drug-likeness (QED) is 0.841. The molecule has 0 unspecified atom stereocenters. The lowest BCUT2D eigenvalue weighted by atomic mass is 10.2. The fourth-order valence-corrected chi connectivity index (χ4v) is 1.88. The molecular formula is C11H15Cl2N5. The molecule has 1 aromatic carbocycles. The molecule has 0 saturated carbocycles. The first-order valence-electron chi connectivity index (χ1n) is 5.31. The largest absolute Gasteiger partial charge is 0.354 e. The molecule has 2 aromatic rings. The molecular weight excluding hydrogens is 273 g/mol. The Bertz CT molecular complexity index is 564. The van der Waals surface area contributed by atoms with Crippen molar-refractivity contribution in [1.82, 2.24) is 15.1 Å². The number of aromatic nitrogens is 2. The summed E-state index contributed by atoms with van der Waals surface area (Å²) in [5.74, 6) is 0.832. The lowest BCUT2D eigenvalue weighted by Crippen LogP contribution is -2.26. The highest BCUT2D eigenvalue weighted by Crippen LogP contribution is 2.21. The van der Waals surface area contributed by atoms with E-state index in [0.29, 0.717) is 0 Å². The Balaban J connectivity index is 0.000000810. The summed E-state index contributed by atoms with van der Waals surface area (Å²) < 4.78 is 1.82. The van der Waals surface area contributed by atoms with Gasteiger partial charge in [-0.3, -0.25) is 9.67 Å². The zero-order valence-electron chi connectivity index (χ0n) is 9.88. The molecule has 0 spiro atoms. The predicted octanol–water partition coefficient (Wildman–Crippen LogP) is 1.79. The predicted molar refractivity (Wildman–Crippen MR) is 79.1 cm³/mol. The molecule has 0 saturated heterocycles. The van der Waals surface area contributed by atoms with E-state index in [4.69, 9.17) is 0 Å². The van der Waals surface area contributed by atoms with Crippen LogP contribution in [0.25, 0.3) is 10.9 Å². The molecule has 1 aliphatic rings. The van der Waals surface area contributed by atoms with Crippen molar-refractivity contribution >= 4 is 47.4 Å². The van der Waals surface area contributed by atoms with Crippen molar-refractivity contribution in [2.75, 3.05) is 18.4 Å². The second-order valence-corrected chi connectivity index (χ2v) is 3.83. The maximum atomic E-state index is 4.43. The second kappa shape index (κ2) is 5.93. The van der Waals surface area contributed by atoms with Crippen LogP contribution in [0.15, 0.2) is 29.4 Å². The standard InChI is InChI=1S/C11H13N5.2ClH/c1-16-7-8-3-2-4-9(10(8)15-16)14-11-12-5-6-13-11;;/h2-4,7H,5-6H2,1H3,(H2,12,13,14);2*1H. The van der Waals surface area contributed by atoms with Crippen molar-refractivity contribution in [3.05, 3.63) is 24.4 Å². The van der Waals surface area contributed by atoms with Gasteiger partial charge >= 0.3 is 0 Å². The van der Waals surface area contributed by atoms with E-state index >= 15 is 0 Å². The summed E-state index contributed by atoms with van der Waals surface area (Å²) in [6, 6.07) is 6.08. The van der Waals surface area contributed by atoms with Gasteiger partial charge in [-0.25, -0.2) is 0 Å². The molecule has 1 aromatic heterocycles. The van der Waals surface area contributed by atoms with Crippen LogP contribution >= 0.6 is 24.8 Å². The number of nitrogens with one attached hydrogen (secondary N) is 2. The zero-order valence-corrected chi connectivity index (χ0v) is 11.5. The van der Waals surface area contributed by atoms with Gasteiger partial charge in [0.1, 0.15) is 5.52 Å². The lowest BCUT2D eigenvalue weighted by Gasteiger charge is -2.06. The average Bonchev–Trinajstić information content (AvgIpc) is 2.86. The summed E-state index contributed by atoms with van der Waals surface area (Å²) >= 11 is 0. The first-order chi connectivity index (χ1) is 7.83. The van der Waals surface area contributed by atoms with Crippen molar-refractivity contribution in [2.24, 2.45) is 12.0 Å². The van der Waals surface area contributed by atoms with Gasteiger partial charge in [-0.1, -0.05) is 12.1 Å². The highest BCUT2D eigenvalue weighted by molar-refractivity contribution is 6.02. The molecule has 0 radical (unpaired) electrons. The maximum absolute atomic E-state index is 4.43. The molecule has 18 heavy (non-hydrogen) atoms. The number of aryl methyl sites for hydroxylation is 1. The van der Waals surface area contributed by atoms with Gasteiger partial charge in [0, 0.05) is 25.2 Å². The third kappa shape index (κ3) is 2.68. The van der Waals surface area contributed by atoms with Gasteiger partial charge < -0.3 is 10.6 Å². The van der Waals surface area contributed by atoms with Crippen LogP contribution in [0.5, 0.6) is 0 Å².